The average Bonchev–Trinajstić information content (AvgIpc) is 2.69. The summed E-state index contributed by atoms with van der Waals surface area (Å²) in [5.74, 6) is 0. The van der Waals surface area contributed by atoms with Gasteiger partial charge in [0.25, 0.3) is 0 Å². The number of benzene rings is 3. The molecule has 0 amide bonds. The molecular formula is C22H14ClNOS. The highest BCUT2D eigenvalue weighted by Crippen LogP contribution is 2.42. The van der Waals surface area contributed by atoms with Crippen molar-refractivity contribution in [2.45, 2.75) is 9.79 Å². The maximum Gasteiger partial charge on any atom is 0.169 e. The summed E-state index contributed by atoms with van der Waals surface area (Å²) in [7, 11) is 0. The van der Waals surface area contributed by atoms with Crippen LogP contribution in [0.2, 0.25) is 5.02 Å². The van der Waals surface area contributed by atoms with Crippen LogP contribution in [0, 0.1) is 0 Å². The highest BCUT2D eigenvalue weighted by molar-refractivity contribution is 7.99. The van der Waals surface area contributed by atoms with Gasteiger partial charge in [-0.1, -0.05) is 71.9 Å². The van der Waals surface area contributed by atoms with Crippen LogP contribution in [0.1, 0.15) is 10.5 Å². The summed E-state index contributed by atoms with van der Waals surface area (Å²) in [6.45, 7) is 0. The van der Waals surface area contributed by atoms with Crippen LogP contribution in [0.5, 0.6) is 0 Å². The Bertz CT molecular complexity index is 1080. The molecule has 0 aliphatic carbocycles. The number of carbonyl (C=O) groups is 1. The van der Waals surface area contributed by atoms with Crippen LogP contribution in [0.3, 0.4) is 0 Å². The number of hydrogen-bond acceptors (Lipinski definition) is 3. The van der Waals surface area contributed by atoms with Gasteiger partial charge in [-0.25, -0.2) is 4.98 Å². The Balaban J connectivity index is 2.06. The molecule has 26 heavy (non-hydrogen) atoms. The summed E-state index contributed by atoms with van der Waals surface area (Å²) in [5, 5.41) is 1.58. The van der Waals surface area contributed by atoms with Crippen molar-refractivity contribution in [2.75, 3.05) is 0 Å². The van der Waals surface area contributed by atoms with Gasteiger partial charge >= 0.3 is 0 Å². The van der Waals surface area contributed by atoms with Gasteiger partial charge in [-0.15, -0.1) is 0 Å². The van der Waals surface area contributed by atoms with E-state index in [4.69, 9.17) is 11.6 Å². The quantitative estimate of drug-likeness (QED) is 0.380. The van der Waals surface area contributed by atoms with E-state index in [9.17, 15) is 4.79 Å². The fraction of sp³-hybridized carbons (Fsp3) is 0. The topological polar surface area (TPSA) is 30.0 Å². The molecule has 0 aliphatic rings. The standard InChI is InChI=1S/C22H14ClNOS/c23-16-11-12-19-18(13-16)21(15-7-3-1-4-8-15)22(20(14-25)24-19)26-17-9-5-2-6-10-17/h1-14H. The number of aldehydes is 1. The number of rotatable bonds is 4. The molecule has 0 saturated carbocycles. The van der Waals surface area contributed by atoms with Gasteiger partial charge in [0.05, 0.1) is 5.52 Å². The van der Waals surface area contributed by atoms with Crippen LogP contribution < -0.4 is 0 Å². The Morgan fingerprint density at radius 1 is 0.885 bits per heavy atom. The normalized spacial score (nSPS) is 10.8. The van der Waals surface area contributed by atoms with E-state index in [0.29, 0.717) is 10.7 Å². The van der Waals surface area contributed by atoms with Crippen molar-refractivity contribution in [3.63, 3.8) is 0 Å². The van der Waals surface area contributed by atoms with Crippen LogP contribution in [-0.2, 0) is 0 Å². The molecule has 1 heterocycles. The Labute approximate surface area is 160 Å². The summed E-state index contributed by atoms with van der Waals surface area (Å²) in [6, 6.07) is 25.6. The summed E-state index contributed by atoms with van der Waals surface area (Å²) in [4.78, 5) is 18.3. The first kappa shape index (κ1) is 16.8. The lowest BCUT2D eigenvalue weighted by molar-refractivity contribution is 0.111. The minimum absolute atomic E-state index is 0.438. The van der Waals surface area contributed by atoms with E-state index in [2.05, 4.69) is 4.98 Å². The Morgan fingerprint density at radius 2 is 1.58 bits per heavy atom. The maximum atomic E-state index is 11.8. The van der Waals surface area contributed by atoms with Gasteiger partial charge in [0, 0.05) is 25.8 Å². The lowest BCUT2D eigenvalue weighted by atomic mass is 10.00. The first-order valence-electron chi connectivity index (χ1n) is 8.13. The smallest absolute Gasteiger partial charge is 0.169 e. The molecule has 1 aromatic heterocycles. The Kier molecular flexibility index (Phi) is 4.74. The highest BCUT2D eigenvalue weighted by atomic mass is 35.5. The lowest BCUT2D eigenvalue weighted by Crippen LogP contribution is -1.97. The van der Waals surface area contributed by atoms with Crippen LogP contribution in [0.25, 0.3) is 22.0 Å². The predicted molar refractivity (Wildman–Crippen MR) is 108 cm³/mol. The number of hydrogen-bond donors (Lipinski definition) is 0. The molecule has 3 aromatic carbocycles. The molecule has 0 radical (unpaired) electrons. The molecule has 0 fully saturated rings. The zero-order valence-corrected chi connectivity index (χ0v) is 15.3. The van der Waals surface area contributed by atoms with E-state index in [-0.39, 0.29) is 0 Å². The van der Waals surface area contributed by atoms with Crippen molar-refractivity contribution in [2.24, 2.45) is 0 Å². The second-order valence-corrected chi connectivity index (χ2v) is 7.28. The average molecular weight is 376 g/mol. The minimum Gasteiger partial charge on any atom is -0.296 e. The van der Waals surface area contributed by atoms with Gasteiger partial charge in [-0.2, -0.15) is 0 Å². The van der Waals surface area contributed by atoms with Gasteiger partial charge in [0.15, 0.2) is 6.29 Å². The molecule has 2 nitrogen and oxygen atoms in total. The molecule has 4 aromatic rings. The third-order valence-corrected chi connectivity index (χ3v) is 5.43. The molecule has 0 N–H and O–H groups in total. The monoisotopic (exact) mass is 375 g/mol. The van der Waals surface area contributed by atoms with Crippen LogP contribution in [0.4, 0.5) is 0 Å². The summed E-state index contributed by atoms with van der Waals surface area (Å²) in [6.07, 6.45) is 0.825. The molecule has 0 atom stereocenters. The number of carbonyl (C=O) groups excluding carboxylic acids is 1. The van der Waals surface area contributed by atoms with Gasteiger partial charge in [0.2, 0.25) is 0 Å². The Morgan fingerprint density at radius 3 is 2.27 bits per heavy atom. The summed E-state index contributed by atoms with van der Waals surface area (Å²) < 4.78 is 0. The maximum absolute atomic E-state index is 11.8. The third kappa shape index (κ3) is 3.24. The second kappa shape index (κ2) is 7.32. The molecule has 0 spiro atoms. The molecule has 0 saturated heterocycles. The molecule has 126 valence electrons. The SMILES string of the molecule is O=Cc1nc2ccc(Cl)cc2c(-c2ccccc2)c1Sc1ccccc1. The fourth-order valence-electron chi connectivity index (χ4n) is 2.92. The van der Waals surface area contributed by atoms with Crippen molar-refractivity contribution < 1.29 is 4.79 Å². The third-order valence-electron chi connectivity index (χ3n) is 4.07. The number of pyridine rings is 1. The Hall–Kier alpha value is -2.62. The van der Waals surface area contributed by atoms with Crippen LogP contribution in [-0.4, -0.2) is 11.3 Å². The van der Waals surface area contributed by atoms with Crippen molar-refractivity contribution in [1.82, 2.24) is 4.98 Å². The van der Waals surface area contributed by atoms with Crippen molar-refractivity contribution in [1.29, 1.82) is 0 Å². The summed E-state index contributed by atoms with van der Waals surface area (Å²) in [5.41, 5.74) is 3.21. The number of fused-ring (bicyclic) bond motifs is 1. The first-order valence-corrected chi connectivity index (χ1v) is 9.32. The van der Waals surface area contributed by atoms with Crippen LogP contribution in [0.15, 0.2) is 88.7 Å². The number of aromatic nitrogens is 1. The van der Waals surface area contributed by atoms with Crippen molar-refractivity contribution in [3.8, 4) is 11.1 Å². The second-order valence-electron chi connectivity index (χ2n) is 5.76. The minimum atomic E-state index is 0.438. The number of halogens is 1. The zero-order valence-electron chi connectivity index (χ0n) is 13.7. The van der Waals surface area contributed by atoms with Gasteiger partial charge in [0.1, 0.15) is 5.69 Å². The van der Waals surface area contributed by atoms with Crippen molar-refractivity contribution >= 4 is 40.6 Å². The van der Waals surface area contributed by atoms with E-state index in [1.165, 1.54) is 0 Å². The fourth-order valence-corrected chi connectivity index (χ4v) is 4.15. The van der Waals surface area contributed by atoms with E-state index in [1.54, 1.807) is 17.8 Å². The molecule has 0 bridgehead atoms. The van der Waals surface area contributed by atoms with Gasteiger partial charge in [-0.05, 0) is 35.9 Å². The van der Waals surface area contributed by atoms with E-state index in [1.807, 2.05) is 72.8 Å². The summed E-state index contributed by atoms with van der Waals surface area (Å²) >= 11 is 7.80. The molecular weight excluding hydrogens is 362 g/mol. The zero-order chi connectivity index (χ0) is 17.9. The molecule has 4 rings (SSSR count). The predicted octanol–water partition coefficient (Wildman–Crippen LogP) is 6.52. The van der Waals surface area contributed by atoms with Crippen LogP contribution >= 0.6 is 23.4 Å². The number of nitrogens with zero attached hydrogens (tertiary/aromatic N) is 1. The largest absolute Gasteiger partial charge is 0.296 e. The molecule has 0 aliphatic heterocycles. The van der Waals surface area contributed by atoms with Gasteiger partial charge < -0.3 is 0 Å². The van der Waals surface area contributed by atoms with Gasteiger partial charge in [-0.3, -0.25) is 4.79 Å². The first-order chi connectivity index (χ1) is 12.8. The highest BCUT2D eigenvalue weighted by Gasteiger charge is 2.18. The van der Waals surface area contributed by atoms with E-state index < -0.39 is 0 Å². The van der Waals surface area contributed by atoms with E-state index in [0.717, 1.165) is 38.1 Å². The van der Waals surface area contributed by atoms with E-state index >= 15 is 0 Å². The molecule has 4 heteroatoms. The molecule has 0 unspecified atom stereocenters. The van der Waals surface area contributed by atoms with Crippen molar-refractivity contribution in [3.05, 3.63) is 89.6 Å². The lowest BCUT2D eigenvalue weighted by Gasteiger charge is -2.15.